The number of nitrogens with zero attached hydrogens (tertiary/aromatic N) is 2. The number of amides is 3. The van der Waals surface area contributed by atoms with Crippen molar-refractivity contribution in [2.24, 2.45) is 0 Å². The van der Waals surface area contributed by atoms with Crippen molar-refractivity contribution >= 4 is 11.9 Å². The second kappa shape index (κ2) is 4.52. The van der Waals surface area contributed by atoms with Gasteiger partial charge in [0.15, 0.2) is 0 Å². The molecule has 0 unspecified atom stereocenters. The van der Waals surface area contributed by atoms with Crippen LogP contribution in [0.4, 0.5) is 4.79 Å². The highest BCUT2D eigenvalue weighted by atomic mass is 16.2. The Kier molecular flexibility index (Phi) is 3.24. The highest BCUT2D eigenvalue weighted by Crippen LogP contribution is 2.19. The van der Waals surface area contributed by atoms with Crippen LogP contribution >= 0.6 is 0 Å². The molecule has 6 nitrogen and oxygen atoms in total. The first kappa shape index (κ1) is 12.2. The Morgan fingerprint density at radius 2 is 1.82 bits per heavy atom. The summed E-state index contributed by atoms with van der Waals surface area (Å²) in [4.78, 5) is 27.6. The third-order valence-corrected chi connectivity index (χ3v) is 3.47. The van der Waals surface area contributed by atoms with E-state index in [9.17, 15) is 9.59 Å². The SMILES string of the molecule is CC1(C)C(=O)NCCN1C(=O)N1CCNCC1. The lowest BCUT2D eigenvalue weighted by molar-refractivity contribution is -0.133. The summed E-state index contributed by atoms with van der Waals surface area (Å²) in [5.41, 5.74) is -0.750. The topological polar surface area (TPSA) is 64.7 Å². The van der Waals surface area contributed by atoms with E-state index >= 15 is 0 Å². The number of rotatable bonds is 0. The number of nitrogens with one attached hydrogen (secondary N) is 2. The van der Waals surface area contributed by atoms with Gasteiger partial charge < -0.3 is 20.4 Å². The summed E-state index contributed by atoms with van der Waals surface area (Å²) in [5, 5.41) is 6.01. The van der Waals surface area contributed by atoms with E-state index in [2.05, 4.69) is 10.6 Å². The van der Waals surface area contributed by atoms with Crippen molar-refractivity contribution in [2.75, 3.05) is 39.3 Å². The Morgan fingerprint density at radius 1 is 1.18 bits per heavy atom. The fraction of sp³-hybridized carbons (Fsp3) is 0.818. The molecule has 0 bridgehead atoms. The Morgan fingerprint density at radius 3 is 2.47 bits per heavy atom. The third-order valence-electron chi connectivity index (χ3n) is 3.47. The van der Waals surface area contributed by atoms with Crippen molar-refractivity contribution in [1.29, 1.82) is 0 Å². The lowest BCUT2D eigenvalue weighted by Crippen LogP contribution is -2.66. The van der Waals surface area contributed by atoms with Crippen LogP contribution in [0.5, 0.6) is 0 Å². The molecule has 17 heavy (non-hydrogen) atoms. The molecule has 2 rings (SSSR count). The largest absolute Gasteiger partial charge is 0.352 e. The minimum absolute atomic E-state index is 0.0219. The molecule has 2 N–H and O–H groups in total. The van der Waals surface area contributed by atoms with Crippen LogP contribution in [0, 0.1) is 0 Å². The summed E-state index contributed by atoms with van der Waals surface area (Å²) in [6.45, 7) is 7.79. The zero-order chi connectivity index (χ0) is 12.5. The van der Waals surface area contributed by atoms with Crippen molar-refractivity contribution in [1.82, 2.24) is 20.4 Å². The standard InChI is InChI=1S/C11H20N4O2/c1-11(2)9(16)13-5-8-15(11)10(17)14-6-3-12-4-7-14/h12H,3-8H2,1-2H3,(H,13,16). The molecule has 2 heterocycles. The van der Waals surface area contributed by atoms with Gasteiger partial charge in [-0.2, -0.15) is 0 Å². The van der Waals surface area contributed by atoms with Gasteiger partial charge in [-0.15, -0.1) is 0 Å². The fourth-order valence-corrected chi connectivity index (χ4v) is 2.26. The maximum Gasteiger partial charge on any atom is 0.321 e. The van der Waals surface area contributed by atoms with Gasteiger partial charge in [0, 0.05) is 39.3 Å². The van der Waals surface area contributed by atoms with Crippen molar-refractivity contribution in [3.05, 3.63) is 0 Å². The van der Waals surface area contributed by atoms with Crippen LogP contribution in [0.15, 0.2) is 0 Å². The van der Waals surface area contributed by atoms with E-state index in [0.717, 1.165) is 13.1 Å². The van der Waals surface area contributed by atoms with Crippen LogP contribution in [0.1, 0.15) is 13.8 Å². The molecule has 96 valence electrons. The van der Waals surface area contributed by atoms with Crippen molar-refractivity contribution in [3.63, 3.8) is 0 Å². The first-order valence-electron chi connectivity index (χ1n) is 6.09. The highest BCUT2D eigenvalue weighted by molar-refractivity contribution is 5.91. The molecule has 6 heteroatoms. The third kappa shape index (κ3) is 2.22. The zero-order valence-electron chi connectivity index (χ0n) is 10.5. The first-order chi connectivity index (χ1) is 8.03. The normalized spacial score (nSPS) is 24.5. The molecule has 0 spiro atoms. The minimum atomic E-state index is -0.750. The number of urea groups is 1. The van der Waals surface area contributed by atoms with Crippen molar-refractivity contribution in [2.45, 2.75) is 19.4 Å². The Balaban J connectivity index is 2.09. The van der Waals surface area contributed by atoms with Gasteiger partial charge in [0.2, 0.25) is 5.91 Å². The lowest BCUT2D eigenvalue weighted by Gasteiger charge is -2.44. The zero-order valence-corrected chi connectivity index (χ0v) is 10.5. The van der Waals surface area contributed by atoms with Gasteiger partial charge in [-0.25, -0.2) is 4.79 Å². The molecule has 3 amide bonds. The van der Waals surface area contributed by atoms with Gasteiger partial charge in [-0.1, -0.05) is 0 Å². The molecular weight excluding hydrogens is 220 g/mol. The summed E-state index contributed by atoms with van der Waals surface area (Å²) in [7, 11) is 0. The highest BCUT2D eigenvalue weighted by Gasteiger charge is 2.42. The Hall–Kier alpha value is -1.30. The lowest BCUT2D eigenvalue weighted by atomic mass is 9.99. The van der Waals surface area contributed by atoms with E-state index in [4.69, 9.17) is 0 Å². The molecule has 0 aliphatic carbocycles. The molecule has 0 radical (unpaired) electrons. The summed E-state index contributed by atoms with van der Waals surface area (Å²) < 4.78 is 0. The molecular formula is C11H20N4O2. The predicted molar refractivity (Wildman–Crippen MR) is 63.6 cm³/mol. The molecule has 0 saturated carbocycles. The van der Waals surface area contributed by atoms with Crippen LogP contribution in [-0.2, 0) is 4.79 Å². The smallest absolute Gasteiger partial charge is 0.321 e. The predicted octanol–water partition coefficient (Wildman–Crippen LogP) is -0.778. The van der Waals surface area contributed by atoms with E-state index in [1.807, 2.05) is 4.90 Å². The van der Waals surface area contributed by atoms with Crippen LogP contribution in [-0.4, -0.2) is 66.5 Å². The summed E-state index contributed by atoms with van der Waals surface area (Å²) in [6, 6.07) is -0.0219. The molecule has 2 fully saturated rings. The minimum Gasteiger partial charge on any atom is -0.352 e. The quantitative estimate of drug-likeness (QED) is 0.584. The molecule has 0 aromatic heterocycles. The maximum atomic E-state index is 12.4. The molecule has 2 aliphatic heterocycles. The fourth-order valence-electron chi connectivity index (χ4n) is 2.26. The Bertz CT molecular complexity index is 323. The number of carbonyl (C=O) groups excluding carboxylic acids is 2. The van der Waals surface area contributed by atoms with Gasteiger partial charge in [0.25, 0.3) is 0 Å². The van der Waals surface area contributed by atoms with Gasteiger partial charge in [-0.3, -0.25) is 4.79 Å². The van der Waals surface area contributed by atoms with Crippen LogP contribution in [0.25, 0.3) is 0 Å². The molecule has 0 aromatic carbocycles. The monoisotopic (exact) mass is 240 g/mol. The van der Waals surface area contributed by atoms with Gasteiger partial charge in [0.1, 0.15) is 5.54 Å². The average Bonchev–Trinajstić information content (AvgIpc) is 2.33. The van der Waals surface area contributed by atoms with Crippen LogP contribution < -0.4 is 10.6 Å². The average molecular weight is 240 g/mol. The van der Waals surface area contributed by atoms with Crippen LogP contribution in [0.3, 0.4) is 0 Å². The number of carbonyl (C=O) groups is 2. The van der Waals surface area contributed by atoms with E-state index in [1.165, 1.54) is 0 Å². The molecule has 0 atom stereocenters. The van der Waals surface area contributed by atoms with E-state index < -0.39 is 5.54 Å². The van der Waals surface area contributed by atoms with Crippen molar-refractivity contribution in [3.8, 4) is 0 Å². The Labute approximate surface area is 101 Å². The van der Waals surface area contributed by atoms with Gasteiger partial charge >= 0.3 is 6.03 Å². The van der Waals surface area contributed by atoms with E-state index in [1.54, 1.807) is 18.7 Å². The van der Waals surface area contributed by atoms with Gasteiger partial charge in [0.05, 0.1) is 0 Å². The van der Waals surface area contributed by atoms with Gasteiger partial charge in [-0.05, 0) is 13.8 Å². The molecule has 0 aromatic rings. The molecule has 2 aliphatic rings. The second-order valence-electron chi connectivity index (χ2n) is 4.99. The number of piperazine rings is 2. The number of hydrogen-bond donors (Lipinski definition) is 2. The van der Waals surface area contributed by atoms with Crippen LogP contribution in [0.2, 0.25) is 0 Å². The van der Waals surface area contributed by atoms with Crippen molar-refractivity contribution < 1.29 is 9.59 Å². The summed E-state index contributed by atoms with van der Waals surface area (Å²) in [6.07, 6.45) is 0. The maximum absolute atomic E-state index is 12.4. The summed E-state index contributed by atoms with van der Waals surface area (Å²) >= 11 is 0. The summed E-state index contributed by atoms with van der Waals surface area (Å²) in [5.74, 6) is -0.0766. The van der Waals surface area contributed by atoms with E-state index in [-0.39, 0.29) is 11.9 Å². The molecule has 2 saturated heterocycles. The first-order valence-corrected chi connectivity index (χ1v) is 6.09. The number of hydrogen-bond acceptors (Lipinski definition) is 3. The van der Waals surface area contributed by atoms with E-state index in [0.29, 0.717) is 26.2 Å². The second-order valence-corrected chi connectivity index (χ2v) is 4.99.